The number of halogens is 4. The van der Waals surface area contributed by atoms with Crippen LogP contribution in [-0.2, 0) is 6.42 Å². The fourth-order valence-corrected chi connectivity index (χ4v) is 2.68. The lowest BCUT2D eigenvalue weighted by Gasteiger charge is -2.15. The zero-order chi connectivity index (χ0) is 14.0. The first-order chi connectivity index (χ1) is 8.99. The van der Waals surface area contributed by atoms with Crippen molar-refractivity contribution >= 4 is 34.8 Å². The molecule has 1 atom stereocenters. The molecule has 0 spiro atoms. The average Bonchev–Trinajstić information content (AvgIpc) is 2.33. The number of aliphatic hydroxyl groups excluding tert-OH is 1. The van der Waals surface area contributed by atoms with Crippen LogP contribution in [-0.4, -0.2) is 5.11 Å². The van der Waals surface area contributed by atoms with E-state index in [0.717, 1.165) is 0 Å². The first-order valence-electron chi connectivity index (χ1n) is 5.55. The van der Waals surface area contributed by atoms with Crippen molar-refractivity contribution in [2.24, 2.45) is 0 Å². The van der Waals surface area contributed by atoms with Crippen LogP contribution in [0.5, 0.6) is 0 Å². The first-order valence-corrected chi connectivity index (χ1v) is 6.68. The van der Waals surface area contributed by atoms with Gasteiger partial charge in [0.25, 0.3) is 0 Å². The number of benzene rings is 2. The van der Waals surface area contributed by atoms with Gasteiger partial charge in [-0.3, -0.25) is 0 Å². The summed E-state index contributed by atoms with van der Waals surface area (Å²) in [6, 6.07) is 8.97. The molecule has 0 saturated carbocycles. The zero-order valence-electron chi connectivity index (χ0n) is 9.71. The predicted octanol–water partition coefficient (Wildman–Crippen LogP) is 5.06. The molecular weight excluding hydrogens is 310 g/mol. The molecule has 1 nitrogen and oxygen atoms in total. The Labute approximate surface area is 125 Å². The van der Waals surface area contributed by atoms with Crippen LogP contribution in [0, 0.1) is 5.82 Å². The lowest BCUT2D eigenvalue weighted by atomic mass is 10.0. The summed E-state index contributed by atoms with van der Waals surface area (Å²) in [7, 11) is 0. The van der Waals surface area contributed by atoms with Crippen molar-refractivity contribution in [1.29, 1.82) is 0 Å². The minimum Gasteiger partial charge on any atom is -0.388 e. The molecule has 0 aromatic heterocycles. The van der Waals surface area contributed by atoms with E-state index < -0.39 is 11.9 Å². The van der Waals surface area contributed by atoms with Crippen LogP contribution in [0.15, 0.2) is 36.4 Å². The van der Waals surface area contributed by atoms with Gasteiger partial charge in [0.2, 0.25) is 0 Å². The molecule has 0 aliphatic carbocycles. The standard InChI is InChI=1S/C14H10Cl3FO/c15-10-5-4-9(18)6-8(10)7-13(19)14-11(16)2-1-3-12(14)17/h1-6,13,19H,7H2. The first kappa shape index (κ1) is 14.6. The third kappa shape index (κ3) is 3.40. The summed E-state index contributed by atoms with van der Waals surface area (Å²) in [6.07, 6.45) is -0.805. The maximum atomic E-state index is 13.2. The molecule has 0 aliphatic rings. The molecule has 0 fully saturated rings. The highest BCUT2D eigenvalue weighted by atomic mass is 35.5. The molecule has 0 amide bonds. The van der Waals surface area contributed by atoms with Gasteiger partial charge in [-0.05, 0) is 35.9 Å². The molecule has 100 valence electrons. The minimum absolute atomic E-state index is 0.139. The van der Waals surface area contributed by atoms with E-state index in [1.807, 2.05) is 0 Å². The molecule has 2 aromatic carbocycles. The van der Waals surface area contributed by atoms with E-state index in [4.69, 9.17) is 34.8 Å². The Balaban J connectivity index is 2.31. The van der Waals surface area contributed by atoms with E-state index in [9.17, 15) is 9.50 Å². The van der Waals surface area contributed by atoms with E-state index in [1.165, 1.54) is 18.2 Å². The number of hydrogen-bond donors (Lipinski definition) is 1. The molecule has 2 aromatic rings. The van der Waals surface area contributed by atoms with Crippen LogP contribution in [0.25, 0.3) is 0 Å². The van der Waals surface area contributed by atoms with E-state index in [0.29, 0.717) is 26.2 Å². The Kier molecular flexibility index (Phi) is 4.69. The molecule has 0 bridgehead atoms. The fourth-order valence-electron chi connectivity index (χ4n) is 1.84. The van der Waals surface area contributed by atoms with E-state index in [1.54, 1.807) is 18.2 Å². The minimum atomic E-state index is -0.944. The lowest BCUT2D eigenvalue weighted by Crippen LogP contribution is -2.04. The van der Waals surface area contributed by atoms with Gasteiger partial charge in [0.1, 0.15) is 5.82 Å². The maximum absolute atomic E-state index is 13.2. The lowest BCUT2D eigenvalue weighted by molar-refractivity contribution is 0.178. The molecule has 0 saturated heterocycles. The highest BCUT2D eigenvalue weighted by Crippen LogP contribution is 2.33. The molecular formula is C14H10Cl3FO. The topological polar surface area (TPSA) is 20.2 Å². The van der Waals surface area contributed by atoms with Crippen LogP contribution < -0.4 is 0 Å². The summed E-state index contributed by atoms with van der Waals surface area (Å²) in [5.74, 6) is -0.406. The second kappa shape index (κ2) is 6.10. The van der Waals surface area contributed by atoms with E-state index in [2.05, 4.69) is 0 Å². The van der Waals surface area contributed by atoms with Gasteiger partial charge in [0.05, 0.1) is 6.10 Å². The van der Waals surface area contributed by atoms with Gasteiger partial charge >= 0.3 is 0 Å². The molecule has 19 heavy (non-hydrogen) atoms. The Bertz CT molecular complexity index is 581. The SMILES string of the molecule is OC(Cc1cc(F)ccc1Cl)c1c(Cl)cccc1Cl. The summed E-state index contributed by atoms with van der Waals surface area (Å²) in [4.78, 5) is 0. The van der Waals surface area contributed by atoms with Crippen molar-refractivity contribution in [2.75, 3.05) is 0 Å². The second-order valence-electron chi connectivity index (χ2n) is 4.09. The van der Waals surface area contributed by atoms with Gasteiger partial charge in [-0.1, -0.05) is 40.9 Å². The normalized spacial score (nSPS) is 12.5. The molecule has 2 rings (SSSR count). The molecule has 1 unspecified atom stereocenters. The number of rotatable bonds is 3. The van der Waals surface area contributed by atoms with Gasteiger partial charge < -0.3 is 5.11 Å². The van der Waals surface area contributed by atoms with Crippen LogP contribution in [0.4, 0.5) is 4.39 Å². The average molecular weight is 320 g/mol. The molecule has 0 heterocycles. The highest BCUT2D eigenvalue weighted by Gasteiger charge is 2.17. The van der Waals surface area contributed by atoms with Crippen LogP contribution in [0.1, 0.15) is 17.2 Å². The molecule has 0 radical (unpaired) electrons. The fraction of sp³-hybridized carbons (Fsp3) is 0.143. The van der Waals surface area contributed by atoms with E-state index >= 15 is 0 Å². The van der Waals surface area contributed by atoms with Gasteiger partial charge in [-0.15, -0.1) is 0 Å². The summed E-state index contributed by atoms with van der Waals surface area (Å²) in [5, 5.41) is 11.3. The van der Waals surface area contributed by atoms with E-state index in [-0.39, 0.29) is 6.42 Å². The molecule has 1 N–H and O–H groups in total. The third-order valence-corrected chi connectivity index (χ3v) is 3.78. The second-order valence-corrected chi connectivity index (χ2v) is 5.31. The Hall–Kier alpha value is -0.800. The quantitative estimate of drug-likeness (QED) is 0.838. The third-order valence-electron chi connectivity index (χ3n) is 2.75. The van der Waals surface area contributed by atoms with Gasteiger partial charge in [-0.2, -0.15) is 0 Å². The van der Waals surface area contributed by atoms with Crippen molar-refractivity contribution in [3.63, 3.8) is 0 Å². The molecule has 0 aliphatic heterocycles. The number of aliphatic hydroxyl groups is 1. The Morgan fingerprint density at radius 3 is 2.26 bits per heavy atom. The van der Waals surface area contributed by atoms with Crippen LogP contribution >= 0.6 is 34.8 Å². The zero-order valence-corrected chi connectivity index (χ0v) is 12.0. The van der Waals surface area contributed by atoms with Crippen LogP contribution in [0.3, 0.4) is 0 Å². The monoisotopic (exact) mass is 318 g/mol. The van der Waals surface area contributed by atoms with Gasteiger partial charge in [-0.25, -0.2) is 4.39 Å². The van der Waals surface area contributed by atoms with Gasteiger partial charge in [0, 0.05) is 27.1 Å². The summed E-state index contributed by atoms with van der Waals surface area (Å²) >= 11 is 18.0. The summed E-state index contributed by atoms with van der Waals surface area (Å²) in [5.41, 5.74) is 0.927. The summed E-state index contributed by atoms with van der Waals surface area (Å²) in [6.45, 7) is 0. The largest absolute Gasteiger partial charge is 0.388 e. The Morgan fingerprint density at radius 2 is 1.63 bits per heavy atom. The Morgan fingerprint density at radius 1 is 1.00 bits per heavy atom. The van der Waals surface area contributed by atoms with Crippen molar-refractivity contribution in [3.05, 3.63) is 68.4 Å². The van der Waals surface area contributed by atoms with Crippen molar-refractivity contribution < 1.29 is 9.50 Å². The van der Waals surface area contributed by atoms with Gasteiger partial charge in [0.15, 0.2) is 0 Å². The van der Waals surface area contributed by atoms with Crippen molar-refractivity contribution in [2.45, 2.75) is 12.5 Å². The smallest absolute Gasteiger partial charge is 0.123 e. The van der Waals surface area contributed by atoms with Crippen molar-refractivity contribution in [3.8, 4) is 0 Å². The highest BCUT2D eigenvalue weighted by molar-refractivity contribution is 6.36. The number of hydrogen-bond acceptors (Lipinski definition) is 1. The summed E-state index contributed by atoms with van der Waals surface area (Å²) < 4.78 is 13.2. The predicted molar refractivity (Wildman–Crippen MR) is 76.5 cm³/mol. The van der Waals surface area contributed by atoms with Crippen LogP contribution in [0.2, 0.25) is 15.1 Å². The maximum Gasteiger partial charge on any atom is 0.123 e. The molecule has 5 heteroatoms. The van der Waals surface area contributed by atoms with Crippen molar-refractivity contribution in [1.82, 2.24) is 0 Å².